The highest BCUT2D eigenvalue weighted by Crippen LogP contribution is 2.29. The molecule has 1 amide bonds. The Kier molecular flexibility index (Phi) is 4.14. The molecule has 9 heteroatoms. The Balaban J connectivity index is 1.39. The molecule has 0 spiro atoms. The van der Waals surface area contributed by atoms with Crippen LogP contribution in [0.4, 0.5) is 13.2 Å². The number of ether oxygens (including phenoxy) is 1. The fourth-order valence-electron chi connectivity index (χ4n) is 2.71. The van der Waals surface area contributed by atoms with Gasteiger partial charge in [0.2, 0.25) is 5.88 Å². The number of rotatable bonds is 3. The van der Waals surface area contributed by atoms with Crippen LogP contribution in [0.1, 0.15) is 16.2 Å². The van der Waals surface area contributed by atoms with E-state index >= 15 is 0 Å². The molecule has 6 nitrogen and oxygen atoms in total. The van der Waals surface area contributed by atoms with Gasteiger partial charge in [0.1, 0.15) is 17.5 Å². The molecule has 2 aromatic heterocycles. The lowest BCUT2D eigenvalue weighted by Gasteiger charge is -2.38. The number of halogens is 3. The van der Waals surface area contributed by atoms with Crippen molar-refractivity contribution in [1.82, 2.24) is 19.9 Å². The largest absolute Gasteiger partial charge is 0.471 e. The van der Waals surface area contributed by atoms with Crippen LogP contribution in [0.15, 0.2) is 48.7 Å². The zero-order valence-electron chi connectivity index (χ0n) is 13.8. The van der Waals surface area contributed by atoms with Gasteiger partial charge in [-0.15, -0.1) is 0 Å². The third-order valence-electron chi connectivity index (χ3n) is 4.10. The number of nitrogens with zero attached hydrogens (tertiary/aromatic N) is 4. The van der Waals surface area contributed by atoms with Crippen molar-refractivity contribution in [2.45, 2.75) is 12.3 Å². The Morgan fingerprint density at radius 1 is 1.04 bits per heavy atom. The van der Waals surface area contributed by atoms with Gasteiger partial charge in [0.25, 0.3) is 5.91 Å². The fraction of sp³-hybridized carbons (Fsp3) is 0.222. The van der Waals surface area contributed by atoms with Crippen LogP contribution in [0.3, 0.4) is 0 Å². The first-order valence-corrected chi connectivity index (χ1v) is 8.12. The van der Waals surface area contributed by atoms with E-state index in [1.807, 2.05) is 6.07 Å². The molecule has 1 aromatic carbocycles. The fourth-order valence-corrected chi connectivity index (χ4v) is 2.71. The van der Waals surface area contributed by atoms with Gasteiger partial charge in [-0.25, -0.2) is 9.97 Å². The average Bonchev–Trinajstić information content (AvgIpc) is 2.63. The third-order valence-corrected chi connectivity index (χ3v) is 4.10. The summed E-state index contributed by atoms with van der Waals surface area (Å²) in [7, 11) is 0. The lowest BCUT2D eigenvalue weighted by atomic mass is 10.1. The third kappa shape index (κ3) is 3.53. The number of pyridine rings is 1. The number of hydrogen-bond donors (Lipinski definition) is 0. The van der Waals surface area contributed by atoms with Crippen LogP contribution < -0.4 is 4.74 Å². The van der Waals surface area contributed by atoms with E-state index in [1.54, 1.807) is 18.2 Å². The van der Waals surface area contributed by atoms with E-state index in [0.29, 0.717) is 11.0 Å². The minimum Gasteiger partial charge on any atom is -0.471 e. The Morgan fingerprint density at radius 3 is 2.52 bits per heavy atom. The van der Waals surface area contributed by atoms with Gasteiger partial charge in [0.05, 0.1) is 30.3 Å². The standard InChI is InChI=1S/C18H13F3N4O2/c19-18(20,21)15-6-3-7-16(24-15)27-11-9-25(10-11)17(26)14-8-22-12-4-1-2-5-13(12)23-14/h1-8,11H,9-10H2. The molecule has 0 unspecified atom stereocenters. The van der Waals surface area contributed by atoms with Crippen molar-refractivity contribution in [3.8, 4) is 5.88 Å². The summed E-state index contributed by atoms with van der Waals surface area (Å²) < 4.78 is 43.5. The minimum absolute atomic E-state index is 0.118. The molecule has 3 aromatic rings. The summed E-state index contributed by atoms with van der Waals surface area (Å²) >= 11 is 0. The van der Waals surface area contributed by atoms with Crippen molar-refractivity contribution >= 4 is 16.9 Å². The van der Waals surface area contributed by atoms with Gasteiger partial charge in [-0.1, -0.05) is 18.2 Å². The summed E-state index contributed by atoms with van der Waals surface area (Å²) in [5.74, 6) is -0.419. The second-order valence-electron chi connectivity index (χ2n) is 6.05. The van der Waals surface area contributed by atoms with E-state index in [9.17, 15) is 18.0 Å². The molecule has 4 rings (SSSR count). The first-order valence-electron chi connectivity index (χ1n) is 8.12. The molecule has 0 aliphatic carbocycles. The molecule has 0 bridgehead atoms. The molecule has 0 radical (unpaired) electrons. The number of amides is 1. The summed E-state index contributed by atoms with van der Waals surface area (Å²) in [5, 5.41) is 0. The first-order chi connectivity index (χ1) is 12.9. The molecule has 1 fully saturated rings. The van der Waals surface area contributed by atoms with Gasteiger partial charge in [-0.2, -0.15) is 13.2 Å². The van der Waals surface area contributed by atoms with Crippen LogP contribution in [0, 0.1) is 0 Å². The number of hydrogen-bond acceptors (Lipinski definition) is 5. The van der Waals surface area contributed by atoms with Gasteiger partial charge in [-0.3, -0.25) is 9.78 Å². The van der Waals surface area contributed by atoms with Gasteiger partial charge < -0.3 is 9.64 Å². The highest BCUT2D eigenvalue weighted by Gasteiger charge is 2.35. The number of likely N-dealkylation sites (tertiary alicyclic amines) is 1. The number of para-hydroxylation sites is 2. The molecule has 3 heterocycles. The maximum absolute atomic E-state index is 12.7. The Hall–Kier alpha value is -3.23. The lowest BCUT2D eigenvalue weighted by Crippen LogP contribution is -2.56. The summed E-state index contributed by atoms with van der Waals surface area (Å²) in [6, 6.07) is 10.7. The molecule has 0 atom stereocenters. The maximum atomic E-state index is 12.7. The SMILES string of the molecule is O=C(c1cnc2ccccc2n1)N1CC(Oc2cccc(C(F)(F)F)n2)C1. The summed E-state index contributed by atoms with van der Waals surface area (Å²) in [6.07, 6.45) is -3.54. The number of carbonyl (C=O) groups is 1. The molecular weight excluding hydrogens is 361 g/mol. The maximum Gasteiger partial charge on any atom is 0.433 e. The van der Waals surface area contributed by atoms with Crippen molar-refractivity contribution in [2.75, 3.05) is 13.1 Å². The Labute approximate surface area is 151 Å². The normalized spacial score (nSPS) is 14.9. The molecule has 27 heavy (non-hydrogen) atoms. The highest BCUT2D eigenvalue weighted by atomic mass is 19.4. The van der Waals surface area contributed by atoms with Crippen LogP contribution in [-0.2, 0) is 6.18 Å². The number of alkyl halides is 3. The predicted molar refractivity (Wildman–Crippen MR) is 89.1 cm³/mol. The molecule has 0 N–H and O–H groups in total. The Morgan fingerprint density at radius 2 is 1.78 bits per heavy atom. The topological polar surface area (TPSA) is 68.2 Å². The second-order valence-corrected chi connectivity index (χ2v) is 6.05. The van der Waals surface area contributed by atoms with Gasteiger partial charge >= 0.3 is 6.18 Å². The lowest BCUT2D eigenvalue weighted by molar-refractivity contribution is -0.141. The van der Waals surface area contributed by atoms with Crippen LogP contribution in [0.25, 0.3) is 11.0 Å². The van der Waals surface area contributed by atoms with Gasteiger partial charge in [0, 0.05) is 6.07 Å². The molecule has 1 aliphatic rings. The smallest absolute Gasteiger partial charge is 0.433 e. The quantitative estimate of drug-likeness (QED) is 0.705. The molecule has 0 saturated carbocycles. The number of carbonyl (C=O) groups excluding carboxylic acids is 1. The van der Waals surface area contributed by atoms with Crippen molar-refractivity contribution in [2.24, 2.45) is 0 Å². The molecule has 1 saturated heterocycles. The van der Waals surface area contributed by atoms with Crippen molar-refractivity contribution < 1.29 is 22.7 Å². The van der Waals surface area contributed by atoms with Crippen LogP contribution in [0.2, 0.25) is 0 Å². The monoisotopic (exact) mass is 374 g/mol. The summed E-state index contributed by atoms with van der Waals surface area (Å²) in [5.41, 5.74) is 0.502. The summed E-state index contributed by atoms with van der Waals surface area (Å²) in [4.78, 5) is 25.9. The Bertz CT molecular complexity index is 1000. The van der Waals surface area contributed by atoms with E-state index < -0.39 is 18.0 Å². The highest BCUT2D eigenvalue weighted by molar-refractivity contribution is 5.94. The van der Waals surface area contributed by atoms with E-state index in [2.05, 4.69) is 15.0 Å². The van der Waals surface area contributed by atoms with E-state index in [4.69, 9.17) is 4.74 Å². The van der Waals surface area contributed by atoms with E-state index in [0.717, 1.165) is 6.07 Å². The summed E-state index contributed by atoms with van der Waals surface area (Å²) in [6.45, 7) is 0.483. The predicted octanol–water partition coefficient (Wildman–Crippen LogP) is 2.95. The van der Waals surface area contributed by atoms with E-state index in [-0.39, 0.29) is 30.6 Å². The number of fused-ring (bicyclic) bond motifs is 1. The van der Waals surface area contributed by atoms with Crippen molar-refractivity contribution in [1.29, 1.82) is 0 Å². The van der Waals surface area contributed by atoms with Crippen LogP contribution >= 0.6 is 0 Å². The first kappa shape index (κ1) is 17.2. The van der Waals surface area contributed by atoms with Gasteiger partial charge in [-0.05, 0) is 18.2 Å². The van der Waals surface area contributed by atoms with Crippen molar-refractivity contribution in [3.05, 3.63) is 60.0 Å². The zero-order chi connectivity index (χ0) is 19.0. The van der Waals surface area contributed by atoms with Crippen LogP contribution in [-0.4, -0.2) is 45.0 Å². The molecular formula is C18H13F3N4O2. The van der Waals surface area contributed by atoms with Crippen LogP contribution in [0.5, 0.6) is 5.88 Å². The minimum atomic E-state index is -4.53. The van der Waals surface area contributed by atoms with Gasteiger partial charge in [0.15, 0.2) is 0 Å². The number of benzene rings is 1. The average molecular weight is 374 g/mol. The molecule has 138 valence electrons. The van der Waals surface area contributed by atoms with Crippen molar-refractivity contribution in [3.63, 3.8) is 0 Å². The van der Waals surface area contributed by atoms with E-state index in [1.165, 1.54) is 23.2 Å². The molecule has 1 aliphatic heterocycles. The second kappa shape index (κ2) is 6.49. The number of aromatic nitrogens is 3. The zero-order valence-corrected chi connectivity index (χ0v) is 13.8.